The minimum atomic E-state index is -1.03. The van der Waals surface area contributed by atoms with E-state index in [0.717, 1.165) is 27.5 Å². The summed E-state index contributed by atoms with van der Waals surface area (Å²) in [6.45, 7) is 3.99. The van der Waals surface area contributed by atoms with Crippen LogP contribution in [0.3, 0.4) is 0 Å². The highest BCUT2D eigenvalue weighted by Crippen LogP contribution is 2.32. The van der Waals surface area contributed by atoms with E-state index in [9.17, 15) is 9.59 Å². The van der Waals surface area contributed by atoms with Gasteiger partial charge in [-0.3, -0.25) is 9.69 Å². The van der Waals surface area contributed by atoms with Crippen LogP contribution in [0.1, 0.15) is 23.6 Å². The molecular formula is C22H20N2O2. The average molecular weight is 344 g/mol. The third-order valence-corrected chi connectivity index (χ3v) is 5.17. The molecular weight excluding hydrogens is 324 g/mol. The summed E-state index contributed by atoms with van der Waals surface area (Å²) in [6, 6.07) is 21.3. The third kappa shape index (κ3) is 2.46. The monoisotopic (exact) mass is 344 g/mol. The van der Waals surface area contributed by atoms with Gasteiger partial charge in [0.1, 0.15) is 5.54 Å². The fourth-order valence-electron chi connectivity index (χ4n) is 3.76. The number of amides is 3. The van der Waals surface area contributed by atoms with Crippen LogP contribution in [0.5, 0.6) is 0 Å². The molecule has 1 unspecified atom stereocenters. The van der Waals surface area contributed by atoms with E-state index in [1.807, 2.05) is 73.7 Å². The number of fused-ring (bicyclic) bond motifs is 1. The standard InChI is InChI=1S/C22H20N2O2/c1-15-8-3-6-13-19(15)22(2)20(25)24(21(26)23-22)14-17-11-7-10-16-9-4-5-12-18(16)17/h3-13H,14H2,1-2H3,(H,23,26). The molecule has 1 fully saturated rings. The van der Waals surface area contributed by atoms with Crippen molar-refractivity contribution in [2.24, 2.45) is 0 Å². The summed E-state index contributed by atoms with van der Waals surface area (Å²) in [4.78, 5) is 27.1. The molecule has 3 aromatic rings. The molecule has 26 heavy (non-hydrogen) atoms. The van der Waals surface area contributed by atoms with Gasteiger partial charge in [-0.1, -0.05) is 66.7 Å². The Hall–Kier alpha value is -3.14. The first-order chi connectivity index (χ1) is 12.5. The Bertz CT molecular complexity index is 1020. The Morgan fingerprint density at radius 2 is 1.62 bits per heavy atom. The lowest BCUT2D eigenvalue weighted by Crippen LogP contribution is -2.41. The van der Waals surface area contributed by atoms with Gasteiger partial charge in [-0.15, -0.1) is 0 Å². The normalized spacial score (nSPS) is 19.8. The molecule has 0 aliphatic carbocycles. The molecule has 0 aromatic heterocycles. The van der Waals surface area contributed by atoms with Crippen molar-refractivity contribution in [1.82, 2.24) is 10.2 Å². The molecule has 0 radical (unpaired) electrons. The van der Waals surface area contributed by atoms with Gasteiger partial charge in [0, 0.05) is 0 Å². The summed E-state index contributed by atoms with van der Waals surface area (Å²) in [7, 11) is 0. The number of urea groups is 1. The molecule has 0 spiro atoms. The van der Waals surface area contributed by atoms with Crippen LogP contribution in [0.2, 0.25) is 0 Å². The molecule has 0 bridgehead atoms. The number of aryl methyl sites for hydroxylation is 1. The maximum Gasteiger partial charge on any atom is 0.325 e. The Morgan fingerprint density at radius 3 is 2.42 bits per heavy atom. The van der Waals surface area contributed by atoms with Gasteiger partial charge in [0.2, 0.25) is 0 Å². The molecule has 1 N–H and O–H groups in total. The van der Waals surface area contributed by atoms with Crippen LogP contribution in [0.15, 0.2) is 66.7 Å². The fourth-order valence-corrected chi connectivity index (χ4v) is 3.76. The smallest absolute Gasteiger partial charge is 0.319 e. The van der Waals surface area contributed by atoms with E-state index < -0.39 is 5.54 Å². The highest BCUT2D eigenvalue weighted by Gasteiger charge is 2.49. The SMILES string of the molecule is Cc1ccccc1C1(C)NC(=O)N(Cc2cccc3ccccc23)C1=O. The summed E-state index contributed by atoms with van der Waals surface area (Å²) in [5.74, 6) is -0.218. The summed E-state index contributed by atoms with van der Waals surface area (Å²) in [5, 5.41) is 5.04. The number of imide groups is 1. The molecule has 130 valence electrons. The highest BCUT2D eigenvalue weighted by atomic mass is 16.2. The van der Waals surface area contributed by atoms with Gasteiger partial charge >= 0.3 is 6.03 Å². The molecule has 3 aromatic carbocycles. The first kappa shape index (κ1) is 16.3. The average Bonchev–Trinajstić information content (AvgIpc) is 2.86. The summed E-state index contributed by atoms with van der Waals surface area (Å²) in [5.41, 5.74) is 1.74. The quantitative estimate of drug-likeness (QED) is 0.727. The number of benzene rings is 3. The van der Waals surface area contributed by atoms with Crippen LogP contribution >= 0.6 is 0 Å². The van der Waals surface area contributed by atoms with Crippen LogP contribution in [0, 0.1) is 6.92 Å². The minimum absolute atomic E-state index is 0.218. The lowest BCUT2D eigenvalue weighted by molar-refractivity contribution is -0.131. The predicted molar refractivity (Wildman–Crippen MR) is 102 cm³/mol. The Morgan fingerprint density at radius 1 is 0.923 bits per heavy atom. The zero-order valence-corrected chi connectivity index (χ0v) is 14.8. The van der Waals surface area contributed by atoms with Crippen molar-refractivity contribution in [3.8, 4) is 0 Å². The number of hydrogen-bond acceptors (Lipinski definition) is 2. The molecule has 3 amide bonds. The first-order valence-electron chi connectivity index (χ1n) is 8.67. The van der Waals surface area contributed by atoms with E-state index in [1.54, 1.807) is 6.92 Å². The molecule has 0 saturated carbocycles. The van der Waals surface area contributed by atoms with Crippen LogP contribution in [0.25, 0.3) is 10.8 Å². The molecule has 4 rings (SSSR count). The van der Waals surface area contributed by atoms with E-state index in [1.165, 1.54) is 4.90 Å². The lowest BCUT2D eigenvalue weighted by Gasteiger charge is -2.24. The van der Waals surface area contributed by atoms with E-state index in [4.69, 9.17) is 0 Å². The van der Waals surface area contributed by atoms with Gasteiger partial charge < -0.3 is 5.32 Å². The maximum absolute atomic E-state index is 13.2. The van der Waals surface area contributed by atoms with Crippen molar-refractivity contribution in [2.75, 3.05) is 0 Å². The lowest BCUT2D eigenvalue weighted by atomic mass is 9.88. The maximum atomic E-state index is 13.2. The van der Waals surface area contributed by atoms with Gasteiger partial charge in [0.05, 0.1) is 6.54 Å². The molecule has 1 atom stereocenters. The van der Waals surface area contributed by atoms with Crippen LogP contribution in [-0.2, 0) is 16.9 Å². The number of nitrogens with one attached hydrogen (secondary N) is 1. The van der Waals surface area contributed by atoms with Gasteiger partial charge in [0.15, 0.2) is 0 Å². The van der Waals surface area contributed by atoms with Crippen molar-refractivity contribution >= 4 is 22.7 Å². The predicted octanol–water partition coefficient (Wildman–Crippen LogP) is 4.12. The Labute approximate surface area is 152 Å². The molecule has 1 heterocycles. The Balaban J connectivity index is 1.71. The van der Waals surface area contributed by atoms with Gasteiger partial charge in [-0.25, -0.2) is 4.79 Å². The number of carbonyl (C=O) groups is 2. The molecule has 4 nitrogen and oxygen atoms in total. The van der Waals surface area contributed by atoms with Crippen LogP contribution in [-0.4, -0.2) is 16.8 Å². The van der Waals surface area contributed by atoms with Gasteiger partial charge in [0.25, 0.3) is 5.91 Å². The zero-order chi connectivity index (χ0) is 18.3. The zero-order valence-electron chi connectivity index (χ0n) is 14.8. The van der Waals surface area contributed by atoms with E-state index in [2.05, 4.69) is 5.32 Å². The van der Waals surface area contributed by atoms with E-state index in [0.29, 0.717) is 0 Å². The van der Waals surface area contributed by atoms with Crippen molar-refractivity contribution in [1.29, 1.82) is 0 Å². The second-order valence-corrected chi connectivity index (χ2v) is 6.90. The number of rotatable bonds is 3. The number of hydrogen-bond donors (Lipinski definition) is 1. The molecule has 4 heteroatoms. The molecule has 1 aliphatic heterocycles. The second-order valence-electron chi connectivity index (χ2n) is 6.90. The van der Waals surface area contributed by atoms with Gasteiger partial charge in [-0.2, -0.15) is 0 Å². The fraction of sp³-hybridized carbons (Fsp3) is 0.182. The van der Waals surface area contributed by atoms with Gasteiger partial charge in [-0.05, 0) is 41.3 Å². The highest BCUT2D eigenvalue weighted by molar-refractivity contribution is 6.07. The van der Waals surface area contributed by atoms with Crippen molar-refractivity contribution in [3.63, 3.8) is 0 Å². The van der Waals surface area contributed by atoms with E-state index >= 15 is 0 Å². The number of carbonyl (C=O) groups excluding carboxylic acids is 2. The first-order valence-corrected chi connectivity index (χ1v) is 8.67. The van der Waals surface area contributed by atoms with Crippen molar-refractivity contribution in [3.05, 3.63) is 83.4 Å². The summed E-state index contributed by atoms with van der Waals surface area (Å²) >= 11 is 0. The second kappa shape index (κ2) is 5.99. The van der Waals surface area contributed by atoms with Crippen molar-refractivity contribution in [2.45, 2.75) is 25.9 Å². The topological polar surface area (TPSA) is 49.4 Å². The van der Waals surface area contributed by atoms with Crippen LogP contribution in [0.4, 0.5) is 4.79 Å². The van der Waals surface area contributed by atoms with Crippen molar-refractivity contribution < 1.29 is 9.59 Å². The molecule has 1 saturated heterocycles. The number of nitrogens with zero attached hydrogens (tertiary/aromatic N) is 1. The minimum Gasteiger partial charge on any atom is -0.319 e. The Kier molecular flexibility index (Phi) is 3.76. The summed E-state index contributed by atoms with van der Waals surface area (Å²) in [6.07, 6.45) is 0. The largest absolute Gasteiger partial charge is 0.325 e. The molecule has 1 aliphatic rings. The van der Waals surface area contributed by atoms with E-state index in [-0.39, 0.29) is 18.5 Å². The van der Waals surface area contributed by atoms with Crippen LogP contribution < -0.4 is 5.32 Å². The third-order valence-electron chi connectivity index (χ3n) is 5.17. The summed E-state index contributed by atoms with van der Waals surface area (Å²) < 4.78 is 0.